The Bertz CT molecular complexity index is 579. The first-order valence-electron chi connectivity index (χ1n) is 13.5. The Morgan fingerprint density at radius 3 is 1.87 bits per heavy atom. The van der Waals surface area contributed by atoms with E-state index in [1.165, 1.54) is 107 Å². The van der Waals surface area contributed by atoms with E-state index in [1.54, 1.807) is 0 Å². The van der Waals surface area contributed by atoms with Gasteiger partial charge >= 0.3 is 0 Å². The molecule has 0 heterocycles. The molecule has 0 bridgehead atoms. The second kappa shape index (κ2) is 13.4. The van der Waals surface area contributed by atoms with Crippen LogP contribution >= 0.6 is 0 Å². The summed E-state index contributed by atoms with van der Waals surface area (Å²) in [4.78, 5) is 0. The maximum absolute atomic E-state index is 2.48. The van der Waals surface area contributed by atoms with Gasteiger partial charge in [0.25, 0.3) is 0 Å². The molecule has 3 rings (SSSR count). The van der Waals surface area contributed by atoms with E-state index in [-0.39, 0.29) is 0 Å². The first kappa shape index (κ1) is 23.6. The van der Waals surface area contributed by atoms with Crippen LogP contribution in [0, 0.1) is 23.7 Å². The molecule has 1 aromatic rings. The average Bonchev–Trinajstić information content (AvgIpc) is 2.79. The zero-order valence-corrected chi connectivity index (χ0v) is 20.1. The van der Waals surface area contributed by atoms with Crippen molar-refractivity contribution in [2.24, 2.45) is 23.7 Å². The monoisotopic (exact) mass is 408 g/mol. The standard InChI is InChI=1S/C30H48/c1-3-5-6-10-26-13-15-27(16-14-26)11-7-8-12-28-19-23-30(24-20-28)29-21-17-25(9-4-2)18-22-29/h7-8,13-16,25,28-30H,3-6,9-12,17-24H2,1-2H3. The number of benzene rings is 1. The molecule has 0 amide bonds. The fraction of sp³-hybridized carbons (Fsp3) is 0.733. The molecule has 0 unspecified atom stereocenters. The van der Waals surface area contributed by atoms with Crippen molar-refractivity contribution in [1.82, 2.24) is 0 Å². The zero-order valence-electron chi connectivity index (χ0n) is 20.1. The molecule has 0 radical (unpaired) electrons. The highest BCUT2D eigenvalue weighted by atomic mass is 14.4. The van der Waals surface area contributed by atoms with Crippen molar-refractivity contribution in [3.8, 4) is 0 Å². The highest BCUT2D eigenvalue weighted by molar-refractivity contribution is 5.24. The normalized spacial score (nSPS) is 27.5. The van der Waals surface area contributed by atoms with Gasteiger partial charge in [-0.1, -0.05) is 88.8 Å². The molecule has 2 aliphatic carbocycles. The first-order valence-corrected chi connectivity index (χ1v) is 13.5. The Morgan fingerprint density at radius 1 is 0.667 bits per heavy atom. The molecule has 0 aliphatic heterocycles. The minimum Gasteiger partial charge on any atom is -0.0879 e. The van der Waals surface area contributed by atoms with Crippen LogP contribution in [0.25, 0.3) is 0 Å². The molecule has 0 atom stereocenters. The second-order valence-electron chi connectivity index (χ2n) is 10.5. The van der Waals surface area contributed by atoms with Crippen LogP contribution in [0.5, 0.6) is 0 Å². The molecule has 0 saturated heterocycles. The predicted molar refractivity (Wildman–Crippen MR) is 133 cm³/mol. The summed E-state index contributed by atoms with van der Waals surface area (Å²) in [5, 5.41) is 0. The number of hydrogen-bond acceptors (Lipinski definition) is 0. The van der Waals surface area contributed by atoms with Gasteiger partial charge in [-0.25, -0.2) is 0 Å². The summed E-state index contributed by atoms with van der Waals surface area (Å²) in [6.45, 7) is 4.63. The lowest BCUT2D eigenvalue weighted by molar-refractivity contribution is 0.144. The maximum atomic E-state index is 2.48. The molecule has 0 nitrogen and oxygen atoms in total. The minimum atomic E-state index is 0.954. The molecule has 0 heteroatoms. The Kier molecular flexibility index (Phi) is 10.5. The zero-order chi connectivity index (χ0) is 21.0. The lowest BCUT2D eigenvalue weighted by Crippen LogP contribution is -2.25. The smallest absolute Gasteiger partial charge is 0.00975 e. The highest BCUT2D eigenvalue weighted by Gasteiger charge is 2.30. The van der Waals surface area contributed by atoms with E-state index in [9.17, 15) is 0 Å². The van der Waals surface area contributed by atoms with Crippen molar-refractivity contribution in [2.45, 2.75) is 117 Å². The van der Waals surface area contributed by atoms with Crippen LogP contribution in [0.1, 0.15) is 115 Å². The summed E-state index contributed by atoms with van der Waals surface area (Å²) in [6, 6.07) is 9.36. The van der Waals surface area contributed by atoms with E-state index in [1.807, 2.05) is 0 Å². The van der Waals surface area contributed by atoms with Gasteiger partial charge in [0.2, 0.25) is 0 Å². The summed E-state index contributed by atoms with van der Waals surface area (Å²) in [6.07, 6.45) is 27.6. The lowest BCUT2D eigenvalue weighted by atomic mass is 9.68. The highest BCUT2D eigenvalue weighted by Crippen LogP contribution is 2.42. The molecular formula is C30H48. The number of allylic oxidation sites excluding steroid dienone is 2. The van der Waals surface area contributed by atoms with Crippen LogP contribution in [0.3, 0.4) is 0 Å². The van der Waals surface area contributed by atoms with Crippen LogP contribution in [-0.2, 0) is 12.8 Å². The SMILES string of the molecule is CCCCCc1ccc(CC=CCC2CCC(C3CCC(CCC)CC3)CC2)cc1. The second-order valence-corrected chi connectivity index (χ2v) is 10.5. The van der Waals surface area contributed by atoms with Crippen molar-refractivity contribution in [3.63, 3.8) is 0 Å². The Labute approximate surface area is 187 Å². The van der Waals surface area contributed by atoms with Crippen molar-refractivity contribution < 1.29 is 0 Å². The van der Waals surface area contributed by atoms with Crippen LogP contribution in [0.4, 0.5) is 0 Å². The van der Waals surface area contributed by atoms with Crippen LogP contribution in [-0.4, -0.2) is 0 Å². The Balaban J connectivity index is 1.29. The van der Waals surface area contributed by atoms with E-state index in [2.05, 4.69) is 50.3 Å². The molecule has 30 heavy (non-hydrogen) atoms. The topological polar surface area (TPSA) is 0 Å². The first-order chi connectivity index (χ1) is 14.8. The van der Waals surface area contributed by atoms with E-state index < -0.39 is 0 Å². The van der Waals surface area contributed by atoms with Crippen molar-refractivity contribution in [3.05, 3.63) is 47.5 Å². The minimum absolute atomic E-state index is 0.954. The third kappa shape index (κ3) is 7.90. The average molecular weight is 409 g/mol. The summed E-state index contributed by atoms with van der Waals surface area (Å²) >= 11 is 0. The largest absolute Gasteiger partial charge is 0.0879 e. The predicted octanol–water partition coefficient (Wildman–Crippen LogP) is 9.32. The number of unbranched alkanes of at least 4 members (excludes halogenated alkanes) is 2. The maximum Gasteiger partial charge on any atom is -0.00975 e. The summed E-state index contributed by atoms with van der Waals surface area (Å²) in [5.41, 5.74) is 2.97. The van der Waals surface area contributed by atoms with E-state index in [4.69, 9.17) is 0 Å². The van der Waals surface area contributed by atoms with Crippen LogP contribution in [0.15, 0.2) is 36.4 Å². The van der Waals surface area contributed by atoms with Gasteiger partial charge in [0.15, 0.2) is 0 Å². The van der Waals surface area contributed by atoms with Crippen molar-refractivity contribution >= 4 is 0 Å². The summed E-state index contributed by atoms with van der Waals surface area (Å²) in [5.74, 6) is 4.14. The molecule has 1 aromatic carbocycles. The summed E-state index contributed by atoms with van der Waals surface area (Å²) < 4.78 is 0. The van der Waals surface area contributed by atoms with E-state index in [0.717, 1.165) is 30.1 Å². The fourth-order valence-electron chi connectivity index (χ4n) is 6.18. The number of rotatable bonds is 11. The number of hydrogen-bond donors (Lipinski definition) is 0. The van der Waals surface area contributed by atoms with Gasteiger partial charge in [0, 0.05) is 0 Å². The molecule has 168 valence electrons. The Morgan fingerprint density at radius 2 is 1.27 bits per heavy atom. The summed E-state index contributed by atoms with van der Waals surface area (Å²) in [7, 11) is 0. The quantitative estimate of drug-likeness (QED) is 0.253. The molecule has 2 aliphatic rings. The van der Waals surface area contributed by atoms with Gasteiger partial charge in [-0.2, -0.15) is 0 Å². The van der Waals surface area contributed by atoms with Gasteiger partial charge in [-0.05, 0) is 99.0 Å². The third-order valence-corrected chi connectivity index (χ3v) is 8.23. The van der Waals surface area contributed by atoms with E-state index in [0.29, 0.717) is 0 Å². The molecule has 0 spiro atoms. The molecule has 2 saturated carbocycles. The molecule has 0 aromatic heterocycles. The fourth-order valence-corrected chi connectivity index (χ4v) is 6.18. The Hall–Kier alpha value is -1.04. The molecule has 0 N–H and O–H groups in total. The van der Waals surface area contributed by atoms with Crippen molar-refractivity contribution in [1.29, 1.82) is 0 Å². The third-order valence-electron chi connectivity index (χ3n) is 8.23. The molecule has 2 fully saturated rings. The van der Waals surface area contributed by atoms with Gasteiger partial charge in [0.1, 0.15) is 0 Å². The van der Waals surface area contributed by atoms with Gasteiger partial charge in [-0.15, -0.1) is 0 Å². The van der Waals surface area contributed by atoms with Crippen LogP contribution < -0.4 is 0 Å². The van der Waals surface area contributed by atoms with Gasteiger partial charge in [-0.3, -0.25) is 0 Å². The number of aryl methyl sites for hydroxylation is 1. The van der Waals surface area contributed by atoms with Crippen molar-refractivity contribution in [2.75, 3.05) is 0 Å². The van der Waals surface area contributed by atoms with E-state index >= 15 is 0 Å². The van der Waals surface area contributed by atoms with Gasteiger partial charge < -0.3 is 0 Å². The van der Waals surface area contributed by atoms with Gasteiger partial charge in [0.05, 0.1) is 0 Å². The van der Waals surface area contributed by atoms with Crippen LogP contribution in [0.2, 0.25) is 0 Å². The molecular weight excluding hydrogens is 360 g/mol. The lowest BCUT2D eigenvalue weighted by Gasteiger charge is -2.37.